The zero-order valence-electron chi connectivity index (χ0n) is 9.03. The number of unbranched alkanes of at least 4 members (excludes halogenated alkanes) is 1. The molecule has 0 aromatic heterocycles. The monoisotopic (exact) mass is 204 g/mol. The minimum absolute atomic E-state index is 0.0536. The predicted molar refractivity (Wildman–Crippen MR) is 58.8 cm³/mol. The molecule has 1 unspecified atom stereocenters. The van der Waals surface area contributed by atoms with E-state index in [2.05, 4.69) is 6.92 Å². The third kappa shape index (κ3) is 2.20. The van der Waals surface area contributed by atoms with Gasteiger partial charge < -0.3 is 4.74 Å². The third-order valence-electron chi connectivity index (χ3n) is 2.89. The summed E-state index contributed by atoms with van der Waals surface area (Å²) < 4.78 is 5.30. The van der Waals surface area contributed by atoms with E-state index < -0.39 is 0 Å². The van der Waals surface area contributed by atoms with Gasteiger partial charge in [-0.15, -0.1) is 0 Å². The molecule has 15 heavy (non-hydrogen) atoms. The Morgan fingerprint density at radius 3 is 3.00 bits per heavy atom. The van der Waals surface area contributed by atoms with Gasteiger partial charge in [-0.3, -0.25) is 4.79 Å². The van der Waals surface area contributed by atoms with Crippen LogP contribution < -0.4 is 4.74 Å². The Hall–Kier alpha value is -1.31. The molecule has 2 heteroatoms. The van der Waals surface area contributed by atoms with Crippen LogP contribution in [0, 0.1) is 5.92 Å². The molecule has 0 spiro atoms. The van der Waals surface area contributed by atoms with E-state index in [1.807, 2.05) is 24.3 Å². The lowest BCUT2D eigenvalue weighted by Crippen LogP contribution is -2.27. The Labute approximate surface area is 90.3 Å². The van der Waals surface area contributed by atoms with Gasteiger partial charge in [-0.1, -0.05) is 38.0 Å². The van der Waals surface area contributed by atoms with Crippen molar-refractivity contribution in [1.29, 1.82) is 0 Å². The van der Waals surface area contributed by atoms with E-state index in [0.29, 0.717) is 0 Å². The van der Waals surface area contributed by atoms with Gasteiger partial charge in [0.1, 0.15) is 5.75 Å². The molecule has 2 nitrogen and oxygen atoms in total. The Bertz CT molecular complexity index is 357. The lowest BCUT2D eigenvalue weighted by atomic mass is 9.92. The van der Waals surface area contributed by atoms with Crippen molar-refractivity contribution >= 4 is 5.97 Å². The van der Waals surface area contributed by atoms with Crippen molar-refractivity contribution in [2.45, 2.75) is 32.6 Å². The van der Waals surface area contributed by atoms with Crippen molar-refractivity contribution in [2.75, 3.05) is 0 Å². The van der Waals surface area contributed by atoms with Crippen LogP contribution in [0.15, 0.2) is 24.3 Å². The van der Waals surface area contributed by atoms with Crippen LogP contribution in [-0.2, 0) is 11.2 Å². The van der Waals surface area contributed by atoms with Gasteiger partial charge in [-0.05, 0) is 24.5 Å². The highest BCUT2D eigenvalue weighted by molar-refractivity contribution is 5.77. The number of ether oxygens (including phenoxy) is 1. The second-order valence-corrected chi connectivity index (χ2v) is 4.07. The second kappa shape index (κ2) is 4.47. The van der Waals surface area contributed by atoms with E-state index >= 15 is 0 Å². The van der Waals surface area contributed by atoms with Crippen LogP contribution in [0.2, 0.25) is 0 Å². The quantitative estimate of drug-likeness (QED) is 0.559. The maximum absolute atomic E-state index is 11.6. The molecule has 1 aliphatic heterocycles. The highest BCUT2D eigenvalue weighted by atomic mass is 16.5. The summed E-state index contributed by atoms with van der Waals surface area (Å²) in [7, 11) is 0. The first-order valence-electron chi connectivity index (χ1n) is 5.61. The van der Waals surface area contributed by atoms with Gasteiger partial charge in [0, 0.05) is 0 Å². The van der Waals surface area contributed by atoms with E-state index in [1.165, 1.54) is 5.56 Å². The molecule has 1 atom stereocenters. The Balaban J connectivity index is 2.11. The summed E-state index contributed by atoms with van der Waals surface area (Å²) in [6.07, 6.45) is 4.02. The minimum Gasteiger partial charge on any atom is -0.426 e. The van der Waals surface area contributed by atoms with Gasteiger partial charge >= 0.3 is 5.97 Å². The van der Waals surface area contributed by atoms with Crippen molar-refractivity contribution in [2.24, 2.45) is 5.92 Å². The zero-order chi connectivity index (χ0) is 10.7. The summed E-state index contributed by atoms with van der Waals surface area (Å²) in [5.41, 5.74) is 1.17. The number of fused-ring (bicyclic) bond motifs is 1. The number of para-hydroxylation sites is 1. The first kappa shape index (κ1) is 10.2. The number of esters is 1. The smallest absolute Gasteiger partial charge is 0.314 e. The van der Waals surface area contributed by atoms with Crippen molar-refractivity contribution in [1.82, 2.24) is 0 Å². The minimum atomic E-state index is -0.0536. The first-order valence-corrected chi connectivity index (χ1v) is 5.61. The summed E-state index contributed by atoms with van der Waals surface area (Å²) in [5.74, 6) is 0.761. The lowest BCUT2D eigenvalue weighted by molar-refractivity contribution is -0.140. The van der Waals surface area contributed by atoms with Crippen molar-refractivity contribution in [3.05, 3.63) is 29.8 Å². The molecular weight excluding hydrogens is 188 g/mol. The molecule has 0 radical (unpaired) electrons. The largest absolute Gasteiger partial charge is 0.426 e. The Morgan fingerprint density at radius 1 is 1.40 bits per heavy atom. The molecule has 80 valence electrons. The topological polar surface area (TPSA) is 26.3 Å². The highest BCUT2D eigenvalue weighted by Crippen LogP contribution is 2.29. The number of carbonyl (C=O) groups is 1. The van der Waals surface area contributed by atoms with Crippen molar-refractivity contribution in [3.63, 3.8) is 0 Å². The number of hydrogen-bond acceptors (Lipinski definition) is 2. The number of rotatable bonds is 3. The molecule has 0 aliphatic carbocycles. The molecule has 1 aromatic rings. The van der Waals surface area contributed by atoms with Gasteiger partial charge in [0.15, 0.2) is 0 Å². The van der Waals surface area contributed by atoms with Crippen LogP contribution in [0.1, 0.15) is 31.7 Å². The van der Waals surface area contributed by atoms with Crippen LogP contribution in [0.25, 0.3) is 0 Å². The van der Waals surface area contributed by atoms with Crippen LogP contribution in [0.5, 0.6) is 5.75 Å². The zero-order valence-corrected chi connectivity index (χ0v) is 9.03. The average molecular weight is 204 g/mol. The second-order valence-electron chi connectivity index (χ2n) is 4.07. The van der Waals surface area contributed by atoms with Crippen LogP contribution in [0.3, 0.4) is 0 Å². The molecule has 2 rings (SSSR count). The number of hydrogen-bond donors (Lipinski definition) is 0. The molecule has 1 heterocycles. The summed E-state index contributed by atoms with van der Waals surface area (Å²) in [6, 6.07) is 7.80. The molecule has 0 saturated heterocycles. The van der Waals surface area contributed by atoms with Gasteiger partial charge in [-0.2, -0.15) is 0 Å². The molecule has 0 amide bonds. The molecule has 0 fully saturated rings. The van der Waals surface area contributed by atoms with Gasteiger partial charge in [-0.25, -0.2) is 0 Å². The molecular formula is C13H16O2. The van der Waals surface area contributed by atoms with Gasteiger partial charge in [0.2, 0.25) is 0 Å². The first-order chi connectivity index (χ1) is 7.31. The summed E-state index contributed by atoms with van der Waals surface area (Å²) in [4.78, 5) is 11.6. The van der Waals surface area contributed by atoms with Crippen LogP contribution >= 0.6 is 0 Å². The average Bonchev–Trinajstić information content (AvgIpc) is 2.26. The van der Waals surface area contributed by atoms with Crippen LogP contribution in [0.4, 0.5) is 0 Å². The lowest BCUT2D eigenvalue weighted by Gasteiger charge is -2.22. The molecule has 1 aliphatic rings. The van der Waals surface area contributed by atoms with Crippen molar-refractivity contribution < 1.29 is 9.53 Å². The summed E-state index contributed by atoms with van der Waals surface area (Å²) in [5, 5.41) is 0. The maximum atomic E-state index is 11.6. The van der Waals surface area contributed by atoms with E-state index in [-0.39, 0.29) is 11.9 Å². The highest BCUT2D eigenvalue weighted by Gasteiger charge is 2.27. The Morgan fingerprint density at radius 2 is 2.20 bits per heavy atom. The fraction of sp³-hybridized carbons (Fsp3) is 0.462. The molecule has 0 bridgehead atoms. The third-order valence-corrected chi connectivity index (χ3v) is 2.89. The van der Waals surface area contributed by atoms with E-state index in [9.17, 15) is 4.79 Å². The van der Waals surface area contributed by atoms with E-state index in [1.54, 1.807) is 0 Å². The molecule has 1 aromatic carbocycles. The predicted octanol–water partition coefficient (Wildman–Crippen LogP) is 2.95. The summed E-state index contributed by atoms with van der Waals surface area (Å²) in [6.45, 7) is 2.14. The molecule has 0 saturated carbocycles. The molecule has 0 N–H and O–H groups in total. The number of carbonyl (C=O) groups excluding carboxylic acids is 1. The van der Waals surface area contributed by atoms with E-state index in [0.717, 1.165) is 31.4 Å². The fourth-order valence-corrected chi connectivity index (χ4v) is 1.98. The van der Waals surface area contributed by atoms with Gasteiger partial charge in [0.05, 0.1) is 5.92 Å². The SMILES string of the molecule is CCCCC1Cc2ccccc2OC1=O. The van der Waals surface area contributed by atoms with Crippen LogP contribution in [-0.4, -0.2) is 5.97 Å². The maximum Gasteiger partial charge on any atom is 0.314 e. The normalized spacial score (nSPS) is 19.5. The number of benzene rings is 1. The standard InChI is InChI=1S/C13H16O2/c1-2-3-6-11-9-10-7-4-5-8-12(10)15-13(11)14/h4-5,7-8,11H,2-3,6,9H2,1H3. The van der Waals surface area contributed by atoms with Gasteiger partial charge in [0.25, 0.3) is 0 Å². The fourth-order valence-electron chi connectivity index (χ4n) is 1.98. The van der Waals surface area contributed by atoms with Crippen molar-refractivity contribution in [3.8, 4) is 5.75 Å². The summed E-state index contributed by atoms with van der Waals surface area (Å²) >= 11 is 0. The van der Waals surface area contributed by atoms with E-state index in [4.69, 9.17) is 4.74 Å². The Kier molecular flexibility index (Phi) is 3.05.